The predicted molar refractivity (Wildman–Crippen MR) is 200 cm³/mol. The van der Waals surface area contributed by atoms with Gasteiger partial charge in [-0.1, -0.05) is 103 Å². The van der Waals surface area contributed by atoms with Crippen molar-refractivity contribution in [1.29, 1.82) is 0 Å². The van der Waals surface area contributed by atoms with Crippen molar-refractivity contribution >= 4 is 85.8 Å². The van der Waals surface area contributed by atoms with Crippen LogP contribution in [-0.2, 0) is 0 Å². The maximum atomic E-state index is 6.25. The number of fused-ring (bicyclic) bond motifs is 8. The molecule has 0 saturated heterocycles. The van der Waals surface area contributed by atoms with Gasteiger partial charge >= 0.3 is 0 Å². The van der Waals surface area contributed by atoms with E-state index >= 15 is 0 Å². The summed E-state index contributed by atoms with van der Waals surface area (Å²) >= 11 is 1.85. The molecule has 48 heavy (non-hydrogen) atoms. The van der Waals surface area contributed by atoms with Crippen molar-refractivity contribution in [3.05, 3.63) is 140 Å². The molecule has 5 heteroatoms. The average Bonchev–Trinajstić information content (AvgIpc) is 3.71. The number of nitrogens with zero attached hydrogens (tertiary/aromatic N) is 3. The Balaban J connectivity index is 1.20. The molecule has 0 N–H and O–H groups in total. The highest BCUT2D eigenvalue weighted by Crippen LogP contribution is 2.49. The molecule has 222 valence electrons. The monoisotopic (exact) mass is 629 g/mol. The molecular formula is C43H23N3OS. The van der Waals surface area contributed by atoms with E-state index in [9.17, 15) is 0 Å². The highest BCUT2D eigenvalue weighted by Gasteiger charge is 2.21. The first-order chi connectivity index (χ1) is 23.8. The van der Waals surface area contributed by atoms with Gasteiger partial charge in [0, 0.05) is 47.6 Å². The smallest absolute Gasteiger partial charge is 0.164 e. The number of rotatable bonds is 3. The van der Waals surface area contributed by atoms with Crippen LogP contribution in [0.5, 0.6) is 0 Å². The van der Waals surface area contributed by atoms with Crippen LogP contribution >= 0.6 is 11.3 Å². The summed E-state index contributed by atoms with van der Waals surface area (Å²) in [6, 6.07) is 48.9. The van der Waals surface area contributed by atoms with E-state index in [0.29, 0.717) is 17.5 Å². The Hall–Kier alpha value is -6.17. The van der Waals surface area contributed by atoms with Crippen LogP contribution in [-0.4, -0.2) is 15.0 Å². The fourth-order valence-corrected chi connectivity index (χ4v) is 8.72. The maximum absolute atomic E-state index is 6.25. The van der Waals surface area contributed by atoms with Crippen molar-refractivity contribution in [2.75, 3.05) is 0 Å². The number of thiophene rings is 1. The van der Waals surface area contributed by atoms with Gasteiger partial charge in [0.05, 0.1) is 0 Å². The molecule has 0 spiro atoms. The molecule has 8 aromatic carbocycles. The van der Waals surface area contributed by atoms with Gasteiger partial charge in [0.2, 0.25) is 0 Å². The van der Waals surface area contributed by atoms with Crippen molar-refractivity contribution < 1.29 is 4.42 Å². The molecule has 0 aliphatic rings. The molecule has 3 aromatic heterocycles. The average molecular weight is 630 g/mol. The van der Waals surface area contributed by atoms with Gasteiger partial charge in [-0.2, -0.15) is 0 Å². The second-order valence-electron chi connectivity index (χ2n) is 12.4. The summed E-state index contributed by atoms with van der Waals surface area (Å²) < 4.78 is 8.78. The SMILES string of the molecule is c1ccc(-c2nc(-c3ccc4c(c3)oc3ccccc34)nc(-c3cc4sc5cc6ccccc6c6c7ccccc7c(c3)c4c56)n2)cc1. The molecule has 0 unspecified atom stereocenters. The van der Waals surface area contributed by atoms with E-state index in [1.807, 2.05) is 65.9 Å². The summed E-state index contributed by atoms with van der Waals surface area (Å²) in [6.45, 7) is 0. The lowest BCUT2D eigenvalue weighted by Crippen LogP contribution is -2.00. The number of hydrogen-bond donors (Lipinski definition) is 0. The predicted octanol–water partition coefficient (Wildman–Crippen LogP) is 12.0. The fourth-order valence-electron chi connectivity index (χ4n) is 7.50. The molecule has 0 saturated carbocycles. The van der Waals surface area contributed by atoms with E-state index in [1.54, 1.807) is 0 Å². The lowest BCUT2D eigenvalue weighted by molar-refractivity contribution is 0.669. The Morgan fingerprint density at radius 1 is 0.375 bits per heavy atom. The Morgan fingerprint density at radius 3 is 1.88 bits per heavy atom. The molecule has 0 amide bonds. The summed E-state index contributed by atoms with van der Waals surface area (Å²) in [4.78, 5) is 15.3. The lowest BCUT2D eigenvalue weighted by atomic mass is 9.90. The third kappa shape index (κ3) is 3.68. The van der Waals surface area contributed by atoms with Crippen molar-refractivity contribution in [2.45, 2.75) is 0 Å². The molecule has 4 nitrogen and oxygen atoms in total. The van der Waals surface area contributed by atoms with E-state index in [2.05, 4.69) is 84.9 Å². The van der Waals surface area contributed by atoms with Gasteiger partial charge in [-0.3, -0.25) is 0 Å². The van der Waals surface area contributed by atoms with Crippen LogP contribution < -0.4 is 0 Å². The van der Waals surface area contributed by atoms with E-state index < -0.39 is 0 Å². The van der Waals surface area contributed by atoms with Gasteiger partial charge in [-0.05, 0) is 68.7 Å². The number of benzene rings is 8. The number of aromatic nitrogens is 3. The third-order valence-corrected chi connectivity index (χ3v) is 10.7. The molecule has 0 radical (unpaired) electrons. The molecule has 11 rings (SSSR count). The molecule has 0 aliphatic carbocycles. The van der Waals surface area contributed by atoms with Crippen LogP contribution in [0.15, 0.2) is 144 Å². The quantitative estimate of drug-likeness (QED) is 0.183. The highest BCUT2D eigenvalue weighted by molar-refractivity contribution is 7.26. The van der Waals surface area contributed by atoms with Gasteiger partial charge in [0.1, 0.15) is 11.2 Å². The number of furan rings is 1. The number of hydrogen-bond acceptors (Lipinski definition) is 5. The standard InChI is InChI=1S/C43H23N3OS/c1-2-10-24(11-3-1)41-44-42(26-18-19-31-30-15-8-9-17-34(30)47-35(31)21-26)46-43(45-41)27-20-33-29-14-6-7-16-32(29)38-28-13-5-4-12-25(28)22-37-40(38)39(33)36(23-27)48-37/h1-23H. The molecule has 0 atom stereocenters. The van der Waals surface area contributed by atoms with E-state index in [4.69, 9.17) is 19.4 Å². The van der Waals surface area contributed by atoms with Gasteiger partial charge in [0.15, 0.2) is 17.5 Å². The first kappa shape index (κ1) is 26.0. The summed E-state index contributed by atoms with van der Waals surface area (Å²) in [5.74, 6) is 1.90. The molecule has 11 aromatic rings. The summed E-state index contributed by atoms with van der Waals surface area (Å²) in [5.41, 5.74) is 4.48. The molecule has 0 bridgehead atoms. The zero-order chi connectivity index (χ0) is 31.3. The summed E-state index contributed by atoms with van der Waals surface area (Å²) in [5, 5.41) is 12.4. The van der Waals surface area contributed by atoms with Crippen LogP contribution in [0.2, 0.25) is 0 Å². The zero-order valence-corrected chi connectivity index (χ0v) is 26.3. The van der Waals surface area contributed by atoms with E-state index in [-0.39, 0.29) is 0 Å². The molecule has 0 aliphatic heterocycles. The Morgan fingerprint density at radius 2 is 1.02 bits per heavy atom. The van der Waals surface area contributed by atoms with Gasteiger partial charge in [-0.15, -0.1) is 11.3 Å². The maximum Gasteiger partial charge on any atom is 0.164 e. The zero-order valence-electron chi connectivity index (χ0n) is 25.4. The first-order valence-corrected chi connectivity index (χ1v) is 16.8. The van der Waals surface area contributed by atoms with Gasteiger partial charge in [0.25, 0.3) is 0 Å². The van der Waals surface area contributed by atoms with Crippen LogP contribution in [0.25, 0.3) is 109 Å². The second-order valence-corrected chi connectivity index (χ2v) is 13.5. The molecule has 3 heterocycles. The van der Waals surface area contributed by atoms with Gasteiger partial charge in [-0.25, -0.2) is 15.0 Å². The minimum atomic E-state index is 0.611. The summed E-state index contributed by atoms with van der Waals surface area (Å²) in [6.07, 6.45) is 0. The van der Waals surface area contributed by atoms with Crippen molar-refractivity contribution in [2.24, 2.45) is 0 Å². The summed E-state index contributed by atoms with van der Waals surface area (Å²) in [7, 11) is 0. The Kier molecular flexibility index (Phi) is 5.23. The van der Waals surface area contributed by atoms with Crippen LogP contribution in [0.3, 0.4) is 0 Å². The lowest BCUT2D eigenvalue weighted by Gasteiger charge is -2.13. The van der Waals surface area contributed by atoms with E-state index in [0.717, 1.165) is 38.6 Å². The van der Waals surface area contributed by atoms with E-state index in [1.165, 1.54) is 52.5 Å². The number of para-hydroxylation sites is 1. The van der Waals surface area contributed by atoms with Crippen molar-refractivity contribution in [3.8, 4) is 34.2 Å². The van der Waals surface area contributed by atoms with Crippen molar-refractivity contribution in [3.63, 3.8) is 0 Å². The Bertz CT molecular complexity index is 3070. The molecular weight excluding hydrogens is 607 g/mol. The Labute approximate surface area is 277 Å². The van der Waals surface area contributed by atoms with Crippen LogP contribution in [0.4, 0.5) is 0 Å². The fraction of sp³-hybridized carbons (Fsp3) is 0. The third-order valence-electron chi connectivity index (χ3n) is 9.63. The van der Waals surface area contributed by atoms with Crippen LogP contribution in [0.1, 0.15) is 0 Å². The minimum Gasteiger partial charge on any atom is -0.456 e. The molecule has 0 fully saturated rings. The van der Waals surface area contributed by atoms with Crippen molar-refractivity contribution in [1.82, 2.24) is 15.0 Å². The largest absolute Gasteiger partial charge is 0.456 e. The van der Waals surface area contributed by atoms with Gasteiger partial charge < -0.3 is 4.42 Å². The second kappa shape index (κ2) is 9.67. The minimum absolute atomic E-state index is 0.611. The topological polar surface area (TPSA) is 51.8 Å². The first-order valence-electron chi connectivity index (χ1n) is 16.0. The van der Waals surface area contributed by atoms with Crippen LogP contribution in [0, 0.1) is 0 Å². The highest BCUT2D eigenvalue weighted by atomic mass is 32.1. The normalized spacial score (nSPS) is 12.2.